The van der Waals surface area contributed by atoms with Crippen molar-refractivity contribution < 1.29 is 5.11 Å². The quantitative estimate of drug-likeness (QED) is 0.704. The third kappa shape index (κ3) is 3.04. The summed E-state index contributed by atoms with van der Waals surface area (Å²) in [5, 5.41) is 12.0. The molecule has 0 atom stereocenters. The van der Waals surface area contributed by atoms with Gasteiger partial charge < -0.3 is 10.4 Å². The van der Waals surface area contributed by atoms with Crippen molar-refractivity contribution in [2.24, 2.45) is 0 Å². The average Bonchev–Trinajstić information content (AvgIpc) is 2.19. The SMILES string of the molecule is Cc1cccc(NCCCCO)c1C. The molecule has 0 spiro atoms. The minimum atomic E-state index is 0.286. The van der Waals surface area contributed by atoms with Gasteiger partial charge in [-0.25, -0.2) is 0 Å². The van der Waals surface area contributed by atoms with Crippen molar-refractivity contribution in [3.63, 3.8) is 0 Å². The van der Waals surface area contributed by atoms with E-state index in [0.29, 0.717) is 0 Å². The molecule has 0 aliphatic carbocycles. The van der Waals surface area contributed by atoms with Crippen LogP contribution < -0.4 is 5.32 Å². The van der Waals surface area contributed by atoms with Gasteiger partial charge >= 0.3 is 0 Å². The molecule has 0 aliphatic heterocycles. The number of aliphatic hydroxyl groups is 1. The zero-order valence-electron chi connectivity index (χ0n) is 9.01. The fraction of sp³-hybridized carbons (Fsp3) is 0.500. The second kappa shape index (κ2) is 5.66. The number of aliphatic hydroxyl groups excluding tert-OH is 1. The largest absolute Gasteiger partial charge is 0.396 e. The van der Waals surface area contributed by atoms with Crippen molar-refractivity contribution in [2.45, 2.75) is 26.7 Å². The number of hydrogen-bond acceptors (Lipinski definition) is 2. The van der Waals surface area contributed by atoms with Gasteiger partial charge in [0.05, 0.1) is 0 Å². The van der Waals surface area contributed by atoms with Gasteiger partial charge in [0.2, 0.25) is 0 Å². The van der Waals surface area contributed by atoms with E-state index in [4.69, 9.17) is 5.11 Å². The molecule has 0 aliphatic rings. The molecule has 2 N–H and O–H groups in total. The Labute approximate surface area is 86.0 Å². The molecule has 0 aromatic heterocycles. The monoisotopic (exact) mass is 193 g/mol. The maximum Gasteiger partial charge on any atom is 0.0431 e. The van der Waals surface area contributed by atoms with Crippen molar-refractivity contribution in [1.82, 2.24) is 0 Å². The summed E-state index contributed by atoms with van der Waals surface area (Å²) in [4.78, 5) is 0. The maximum absolute atomic E-state index is 8.63. The molecule has 2 nitrogen and oxygen atoms in total. The summed E-state index contributed by atoms with van der Waals surface area (Å²) in [6.45, 7) is 5.47. The van der Waals surface area contributed by atoms with E-state index < -0.39 is 0 Å². The smallest absolute Gasteiger partial charge is 0.0431 e. The van der Waals surface area contributed by atoms with Crippen LogP contribution in [0.2, 0.25) is 0 Å². The van der Waals surface area contributed by atoms with Gasteiger partial charge in [-0.15, -0.1) is 0 Å². The first-order valence-corrected chi connectivity index (χ1v) is 5.16. The molecule has 0 fully saturated rings. The number of rotatable bonds is 5. The summed E-state index contributed by atoms with van der Waals surface area (Å²) in [6, 6.07) is 6.28. The molecule has 1 rings (SSSR count). The van der Waals surface area contributed by atoms with E-state index in [1.54, 1.807) is 0 Å². The summed E-state index contributed by atoms with van der Waals surface area (Å²) in [5.74, 6) is 0. The summed E-state index contributed by atoms with van der Waals surface area (Å²) < 4.78 is 0. The average molecular weight is 193 g/mol. The molecular formula is C12H19NO. The van der Waals surface area contributed by atoms with Gasteiger partial charge in [-0.1, -0.05) is 12.1 Å². The van der Waals surface area contributed by atoms with Crippen LogP contribution in [0.5, 0.6) is 0 Å². The number of unbranched alkanes of at least 4 members (excludes halogenated alkanes) is 1. The third-order valence-corrected chi connectivity index (χ3v) is 2.50. The molecule has 0 radical (unpaired) electrons. The predicted molar refractivity (Wildman–Crippen MR) is 60.7 cm³/mol. The number of anilines is 1. The standard InChI is InChI=1S/C12H19NO/c1-10-6-5-7-12(11(10)2)13-8-3-4-9-14/h5-7,13-14H,3-4,8-9H2,1-2H3. The molecule has 0 saturated carbocycles. The van der Waals surface area contributed by atoms with Crippen LogP contribution in [-0.2, 0) is 0 Å². The van der Waals surface area contributed by atoms with Crippen LogP contribution in [0, 0.1) is 13.8 Å². The fourth-order valence-electron chi connectivity index (χ4n) is 1.40. The molecule has 0 bridgehead atoms. The van der Waals surface area contributed by atoms with Crippen LogP contribution in [0.25, 0.3) is 0 Å². The zero-order chi connectivity index (χ0) is 10.4. The minimum Gasteiger partial charge on any atom is -0.396 e. The molecule has 2 heteroatoms. The van der Waals surface area contributed by atoms with E-state index >= 15 is 0 Å². The molecule has 0 unspecified atom stereocenters. The first-order chi connectivity index (χ1) is 6.75. The predicted octanol–water partition coefficient (Wildman–Crippen LogP) is 2.49. The Bertz CT molecular complexity index is 284. The maximum atomic E-state index is 8.63. The van der Waals surface area contributed by atoms with Gasteiger partial charge in [0.15, 0.2) is 0 Å². The molecule has 0 saturated heterocycles. The highest BCUT2D eigenvalue weighted by Gasteiger charge is 1.98. The van der Waals surface area contributed by atoms with Gasteiger partial charge in [-0.05, 0) is 43.9 Å². The molecule has 0 heterocycles. The molecule has 14 heavy (non-hydrogen) atoms. The van der Waals surface area contributed by atoms with Crippen molar-refractivity contribution in [3.8, 4) is 0 Å². The molecule has 1 aromatic carbocycles. The fourth-order valence-corrected chi connectivity index (χ4v) is 1.40. The van der Waals surface area contributed by atoms with Crippen molar-refractivity contribution >= 4 is 5.69 Å². The van der Waals surface area contributed by atoms with Crippen LogP contribution in [0.1, 0.15) is 24.0 Å². The Morgan fingerprint density at radius 1 is 1.21 bits per heavy atom. The first-order valence-electron chi connectivity index (χ1n) is 5.16. The van der Waals surface area contributed by atoms with E-state index in [1.807, 2.05) is 0 Å². The minimum absolute atomic E-state index is 0.286. The van der Waals surface area contributed by atoms with E-state index in [2.05, 4.69) is 37.4 Å². The lowest BCUT2D eigenvalue weighted by Gasteiger charge is -2.10. The molecule has 78 valence electrons. The summed E-state index contributed by atoms with van der Waals surface area (Å²) >= 11 is 0. The van der Waals surface area contributed by atoms with Gasteiger partial charge in [-0.2, -0.15) is 0 Å². The second-order valence-electron chi connectivity index (χ2n) is 3.60. The molecular weight excluding hydrogens is 174 g/mol. The summed E-state index contributed by atoms with van der Waals surface area (Å²) in [6.07, 6.45) is 1.89. The summed E-state index contributed by atoms with van der Waals surface area (Å²) in [7, 11) is 0. The highest BCUT2D eigenvalue weighted by molar-refractivity contribution is 5.53. The Kier molecular flexibility index (Phi) is 4.47. The topological polar surface area (TPSA) is 32.3 Å². The Hall–Kier alpha value is -1.02. The van der Waals surface area contributed by atoms with Crippen molar-refractivity contribution in [1.29, 1.82) is 0 Å². The molecule has 1 aromatic rings. The second-order valence-corrected chi connectivity index (χ2v) is 3.60. The van der Waals surface area contributed by atoms with Crippen LogP contribution in [0.15, 0.2) is 18.2 Å². The first kappa shape index (κ1) is 11.1. The van der Waals surface area contributed by atoms with Gasteiger partial charge in [0, 0.05) is 18.8 Å². The lowest BCUT2D eigenvalue weighted by Crippen LogP contribution is -2.04. The van der Waals surface area contributed by atoms with E-state index in [1.165, 1.54) is 16.8 Å². The Morgan fingerprint density at radius 3 is 2.71 bits per heavy atom. The number of benzene rings is 1. The van der Waals surface area contributed by atoms with E-state index in [9.17, 15) is 0 Å². The van der Waals surface area contributed by atoms with E-state index in [0.717, 1.165) is 19.4 Å². The van der Waals surface area contributed by atoms with Crippen LogP contribution in [-0.4, -0.2) is 18.3 Å². The van der Waals surface area contributed by atoms with Crippen LogP contribution in [0.4, 0.5) is 5.69 Å². The Balaban J connectivity index is 2.46. The third-order valence-electron chi connectivity index (χ3n) is 2.50. The van der Waals surface area contributed by atoms with Gasteiger partial charge in [0.1, 0.15) is 0 Å². The lowest BCUT2D eigenvalue weighted by atomic mass is 10.1. The number of nitrogens with one attached hydrogen (secondary N) is 1. The van der Waals surface area contributed by atoms with Crippen molar-refractivity contribution in [3.05, 3.63) is 29.3 Å². The highest BCUT2D eigenvalue weighted by atomic mass is 16.2. The van der Waals surface area contributed by atoms with Crippen LogP contribution in [0.3, 0.4) is 0 Å². The lowest BCUT2D eigenvalue weighted by molar-refractivity contribution is 0.286. The highest BCUT2D eigenvalue weighted by Crippen LogP contribution is 2.17. The van der Waals surface area contributed by atoms with Crippen molar-refractivity contribution in [2.75, 3.05) is 18.5 Å². The normalized spacial score (nSPS) is 10.2. The number of aryl methyl sites for hydroxylation is 1. The van der Waals surface area contributed by atoms with Gasteiger partial charge in [-0.3, -0.25) is 0 Å². The van der Waals surface area contributed by atoms with Gasteiger partial charge in [0.25, 0.3) is 0 Å². The Morgan fingerprint density at radius 2 is 2.00 bits per heavy atom. The summed E-state index contributed by atoms with van der Waals surface area (Å²) in [5.41, 5.74) is 3.84. The number of hydrogen-bond donors (Lipinski definition) is 2. The zero-order valence-corrected chi connectivity index (χ0v) is 9.01. The van der Waals surface area contributed by atoms with Crippen LogP contribution >= 0.6 is 0 Å². The van der Waals surface area contributed by atoms with E-state index in [-0.39, 0.29) is 6.61 Å². The molecule has 0 amide bonds.